The maximum atomic E-state index is 12.6. The molecule has 7 heteroatoms. The molecule has 5 nitrogen and oxygen atoms in total. The van der Waals surface area contributed by atoms with E-state index in [0.717, 1.165) is 5.56 Å². The Bertz CT molecular complexity index is 700. The van der Waals surface area contributed by atoms with Crippen LogP contribution in [0.15, 0.2) is 36.7 Å². The first-order valence-corrected chi connectivity index (χ1v) is 7.24. The van der Waals surface area contributed by atoms with Crippen LogP contribution in [0.3, 0.4) is 0 Å². The number of amides is 1. The average molecular weight is 335 g/mol. The number of nitriles is 1. The fourth-order valence-corrected chi connectivity index (χ4v) is 2.32. The highest BCUT2D eigenvalue weighted by Gasteiger charge is 2.19. The zero-order valence-corrected chi connectivity index (χ0v) is 13.1. The topological polar surface area (TPSA) is 69.9 Å². The van der Waals surface area contributed by atoms with E-state index >= 15 is 0 Å². The molecule has 0 N–H and O–H groups in total. The van der Waals surface area contributed by atoms with Gasteiger partial charge < -0.3 is 4.90 Å². The van der Waals surface area contributed by atoms with E-state index in [-0.39, 0.29) is 28.2 Å². The third-order valence-electron chi connectivity index (χ3n) is 2.92. The zero-order chi connectivity index (χ0) is 15.9. The molecule has 0 aliphatic rings. The minimum absolute atomic E-state index is 0.0469. The third kappa shape index (κ3) is 4.17. The largest absolute Gasteiger partial charge is 0.333 e. The number of nitrogens with zero attached hydrogens (tertiary/aromatic N) is 4. The predicted octanol–water partition coefficient (Wildman–Crippen LogP) is 3.34. The molecule has 0 aliphatic heterocycles. The Morgan fingerprint density at radius 2 is 2.14 bits per heavy atom. The van der Waals surface area contributed by atoms with Gasteiger partial charge in [-0.3, -0.25) is 9.78 Å². The summed E-state index contributed by atoms with van der Waals surface area (Å²) in [5, 5.41) is 9.04. The highest BCUT2D eigenvalue weighted by molar-refractivity contribution is 6.34. The van der Waals surface area contributed by atoms with Crippen LogP contribution in [0.1, 0.15) is 22.3 Å². The lowest BCUT2D eigenvalue weighted by atomic mass is 10.2. The van der Waals surface area contributed by atoms with Gasteiger partial charge in [-0.2, -0.15) is 5.26 Å². The van der Waals surface area contributed by atoms with Gasteiger partial charge in [0.1, 0.15) is 10.3 Å². The summed E-state index contributed by atoms with van der Waals surface area (Å²) in [6.45, 7) is 0.635. The van der Waals surface area contributed by atoms with E-state index in [2.05, 4.69) is 9.97 Å². The van der Waals surface area contributed by atoms with Gasteiger partial charge in [-0.15, -0.1) is 0 Å². The second-order valence-corrected chi connectivity index (χ2v) is 5.21. The Labute approximate surface area is 138 Å². The summed E-state index contributed by atoms with van der Waals surface area (Å²) >= 11 is 11.7. The van der Waals surface area contributed by atoms with Crippen molar-refractivity contribution in [1.29, 1.82) is 5.26 Å². The smallest absolute Gasteiger partial charge is 0.257 e. The van der Waals surface area contributed by atoms with Crippen LogP contribution < -0.4 is 0 Å². The Morgan fingerprint density at radius 1 is 1.32 bits per heavy atom. The Kier molecular flexibility index (Phi) is 5.70. The van der Waals surface area contributed by atoms with Gasteiger partial charge in [0, 0.05) is 25.5 Å². The summed E-state index contributed by atoms with van der Waals surface area (Å²) in [5.74, 6) is -0.298. The van der Waals surface area contributed by atoms with Gasteiger partial charge in [-0.25, -0.2) is 4.98 Å². The molecule has 0 radical (unpaired) electrons. The van der Waals surface area contributed by atoms with E-state index in [1.807, 2.05) is 12.1 Å². The highest BCUT2D eigenvalue weighted by atomic mass is 35.5. The van der Waals surface area contributed by atoms with Crippen LogP contribution in [-0.2, 0) is 6.54 Å². The summed E-state index contributed by atoms with van der Waals surface area (Å²) < 4.78 is 0. The van der Waals surface area contributed by atoms with Crippen LogP contribution in [0, 0.1) is 11.3 Å². The minimum Gasteiger partial charge on any atom is -0.333 e. The van der Waals surface area contributed by atoms with E-state index < -0.39 is 0 Å². The van der Waals surface area contributed by atoms with Crippen molar-refractivity contribution >= 4 is 29.1 Å². The molecule has 2 aromatic rings. The number of halogens is 2. The average Bonchev–Trinajstić information content (AvgIpc) is 2.52. The number of carbonyl (C=O) groups is 1. The van der Waals surface area contributed by atoms with Crippen LogP contribution in [0.4, 0.5) is 0 Å². The van der Waals surface area contributed by atoms with Gasteiger partial charge in [0.2, 0.25) is 0 Å². The lowest BCUT2D eigenvalue weighted by molar-refractivity contribution is 0.0746. The Morgan fingerprint density at radius 3 is 2.77 bits per heavy atom. The number of hydrogen-bond donors (Lipinski definition) is 0. The second kappa shape index (κ2) is 7.74. The van der Waals surface area contributed by atoms with Gasteiger partial charge in [0.15, 0.2) is 0 Å². The van der Waals surface area contributed by atoms with Gasteiger partial charge in [-0.1, -0.05) is 29.3 Å². The molecule has 0 aliphatic carbocycles. The fraction of sp³-hybridized carbons (Fsp3) is 0.200. The van der Waals surface area contributed by atoms with E-state index in [9.17, 15) is 4.79 Å². The van der Waals surface area contributed by atoms with Crippen LogP contribution in [-0.4, -0.2) is 27.3 Å². The van der Waals surface area contributed by atoms with Crippen molar-refractivity contribution in [2.75, 3.05) is 6.54 Å². The minimum atomic E-state index is -0.298. The molecular weight excluding hydrogens is 323 g/mol. The molecule has 0 saturated heterocycles. The van der Waals surface area contributed by atoms with E-state index in [0.29, 0.717) is 13.1 Å². The van der Waals surface area contributed by atoms with E-state index in [1.165, 1.54) is 17.0 Å². The standard InChI is InChI=1S/C15H12Cl2N4O/c16-13-5-4-12(14(17)20-13)15(22)21(8-2-6-18)10-11-3-1-7-19-9-11/h1,3-5,7,9H,2,8,10H2. The zero-order valence-electron chi connectivity index (χ0n) is 11.5. The highest BCUT2D eigenvalue weighted by Crippen LogP contribution is 2.19. The SMILES string of the molecule is N#CCCN(Cc1cccnc1)C(=O)c1ccc(Cl)nc1Cl. The number of hydrogen-bond acceptors (Lipinski definition) is 4. The van der Waals surface area contributed by atoms with Gasteiger partial charge >= 0.3 is 0 Å². The monoisotopic (exact) mass is 334 g/mol. The maximum absolute atomic E-state index is 12.6. The normalized spacial score (nSPS) is 10.0. The first-order chi connectivity index (χ1) is 10.6. The predicted molar refractivity (Wildman–Crippen MR) is 83.5 cm³/mol. The number of rotatable bonds is 5. The molecule has 1 amide bonds. The molecule has 0 spiro atoms. The van der Waals surface area contributed by atoms with Gasteiger partial charge in [0.05, 0.1) is 18.1 Å². The molecule has 0 unspecified atom stereocenters. The molecule has 0 saturated carbocycles. The lowest BCUT2D eigenvalue weighted by Crippen LogP contribution is -2.31. The van der Waals surface area contributed by atoms with Crippen LogP contribution in [0.5, 0.6) is 0 Å². The Balaban J connectivity index is 2.24. The van der Waals surface area contributed by atoms with Crippen molar-refractivity contribution in [1.82, 2.24) is 14.9 Å². The maximum Gasteiger partial charge on any atom is 0.257 e. The van der Waals surface area contributed by atoms with Crippen molar-refractivity contribution < 1.29 is 4.79 Å². The molecular formula is C15H12Cl2N4O. The summed E-state index contributed by atoms with van der Waals surface area (Å²) in [4.78, 5) is 22.0. The lowest BCUT2D eigenvalue weighted by Gasteiger charge is -2.22. The molecule has 2 heterocycles. The second-order valence-electron chi connectivity index (χ2n) is 4.47. The molecule has 0 atom stereocenters. The summed E-state index contributed by atoms with van der Waals surface area (Å²) in [5.41, 5.74) is 1.12. The van der Waals surface area contributed by atoms with Crippen LogP contribution in [0.25, 0.3) is 0 Å². The van der Waals surface area contributed by atoms with Crippen molar-refractivity contribution in [3.05, 3.63) is 58.1 Å². The Hall–Kier alpha value is -2.16. The van der Waals surface area contributed by atoms with Crippen molar-refractivity contribution in [2.24, 2.45) is 0 Å². The van der Waals surface area contributed by atoms with E-state index in [1.54, 1.807) is 18.5 Å². The number of aromatic nitrogens is 2. The van der Waals surface area contributed by atoms with Crippen molar-refractivity contribution in [3.8, 4) is 6.07 Å². The third-order valence-corrected chi connectivity index (χ3v) is 3.42. The molecule has 2 aromatic heterocycles. The quantitative estimate of drug-likeness (QED) is 0.786. The van der Waals surface area contributed by atoms with Crippen LogP contribution >= 0.6 is 23.2 Å². The molecule has 0 bridgehead atoms. The molecule has 112 valence electrons. The van der Waals surface area contributed by atoms with Crippen molar-refractivity contribution in [2.45, 2.75) is 13.0 Å². The first kappa shape index (κ1) is 16.2. The van der Waals surface area contributed by atoms with E-state index in [4.69, 9.17) is 28.5 Å². The summed E-state index contributed by atoms with van der Waals surface area (Å²) in [7, 11) is 0. The number of carbonyl (C=O) groups excluding carboxylic acids is 1. The molecule has 0 fully saturated rings. The first-order valence-electron chi connectivity index (χ1n) is 6.49. The van der Waals surface area contributed by atoms with Crippen LogP contribution in [0.2, 0.25) is 10.3 Å². The van der Waals surface area contributed by atoms with Gasteiger partial charge in [-0.05, 0) is 23.8 Å². The molecule has 0 aromatic carbocycles. The summed E-state index contributed by atoms with van der Waals surface area (Å²) in [6.07, 6.45) is 3.56. The van der Waals surface area contributed by atoms with Crippen molar-refractivity contribution in [3.63, 3.8) is 0 Å². The molecule has 2 rings (SSSR count). The fourth-order valence-electron chi connectivity index (χ4n) is 1.89. The van der Waals surface area contributed by atoms with Gasteiger partial charge in [0.25, 0.3) is 5.91 Å². The molecule has 22 heavy (non-hydrogen) atoms. The number of pyridine rings is 2. The summed E-state index contributed by atoms with van der Waals surface area (Å²) in [6, 6.07) is 8.73.